The highest BCUT2D eigenvalue weighted by molar-refractivity contribution is 8.18. The Balaban J connectivity index is 1.95. The molecule has 3 rings (SSSR count). The van der Waals surface area contributed by atoms with Gasteiger partial charge in [-0.3, -0.25) is 4.79 Å². The molecule has 144 valence electrons. The number of ether oxygens (including phenoxy) is 2. The van der Waals surface area contributed by atoms with Crippen LogP contribution >= 0.6 is 11.8 Å². The maximum Gasteiger partial charge on any atom is 0.337 e. The van der Waals surface area contributed by atoms with Crippen molar-refractivity contribution in [3.63, 3.8) is 0 Å². The molecule has 1 fully saturated rings. The summed E-state index contributed by atoms with van der Waals surface area (Å²) < 4.78 is 10.6. The second-order valence-corrected chi connectivity index (χ2v) is 6.95. The first-order valence-corrected chi connectivity index (χ1v) is 9.08. The van der Waals surface area contributed by atoms with Crippen molar-refractivity contribution in [3.8, 4) is 11.5 Å². The summed E-state index contributed by atoms with van der Waals surface area (Å²) in [6.45, 7) is 1.84. The molecule has 2 aromatic carbocycles. The van der Waals surface area contributed by atoms with E-state index in [1.807, 2.05) is 6.92 Å². The summed E-state index contributed by atoms with van der Waals surface area (Å²) in [7, 11) is 3.10. The van der Waals surface area contributed by atoms with E-state index in [0.29, 0.717) is 27.1 Å². The molecule has 0 aliphatic carbocycles. The van der Waals surface area contributed by atoms with Crippen LogP contribution in [0.5, 0.6) is 11.5 Å². The molecule has 0 atom stereocenters. The van der Waals surface area contributed by atoms with E-state index in [2.05, 4.69) is 10.3 Å². The number of amidine groups is 1. The fraction of sp³-hybridized carbons (Fsp3) is 0.150. The van der Waals surface area contributed by atoms with E-state index >= 15 is 0 Å². The zero-order valence-corrected chi connectivity index (χ0v) is 16.3. The van der Waals surface area contributed by atoms with Gasteiger partial charge < -0.3 is 19.9 Å². The highest BCUT2D eigenvalue weighted by Crippen LogP contribution is 2.33. The van der Waals surface area contributed by atoms with Gasteiger partial charge in [-0.25, -0.2) is 9.79 Å². The van der Waals surface area contributed by atoms with Crippen LogP contribution < -0.4 is 14.8 Å². The molecule has 7 nitrogen and oxygen atoms in total. The summed E-state index contributed by atoms with van der Waals surface area (Å²) in [6, 6.07) is 10.1. The fourth-order valence-electron chi connectivity index (χ4n) is 2.60. The first-order chi connectivity index (χ1) is 13.4. The number of hydrogen-bond donors (Lipinski definition) is 2. The van der Waals surface area contributed by atoms with Crippen molar-refractivity contribution in [2.75, 3.05) is 14.2 Å². The van der Waals surface area contributed by atoms with Crippen molar-refractivity contribution in [1.82, 2.24) is 5.32 Å². The Kier molecular flexibility index (Phi) is 5.70. The number of nitrogens with zero attached hydrogens (tertiary/aromatic N) is 1. The SMILES string of the molecule is COc1ccc(OC)c(/C=C2\SC(=Nc3cc(C)ccc3C(=O)O)NC2=O)c1. The standard InChI is InChI=1S/C20H18N2O5S/c1-11-4-6-14(19(24)25)15(8-11)21-20-22-18(23)17(28-20)10-12-9-13(26-2)5-7-16(12)27-3/h4-10H,1-3H3,(H,24,25)(H,21,22,23)/b17-10-. The largest absolute Gasteiger partial charge is 0.497 e. The quantitative estimate of drug-likeness (QED) is 0.747. The van der Waals surface area contributed by atoms with Crippen LogP contribution in [0, 0.1) is 6.92 Å². The van der Waals surface area contributed by atoms with Crippen molar-refractivity contribution in [1.29, 1.82) is 0 Å². The van der Waals surface area contributed by atoms with Gasteiger partial charge in [0.15, 0.2) is 5.17 Å². The molecular formula is C20H18N2O5S. The summed E-state index contributed by atoms with van der Waals surface area (Å²) >= 11 is 1.13. The average Bonchev–Trinajstić information content (AvgIpc) is 3.00. The van der Waals surface area contributed by atoms with Crippen molar-refractivity contribution in [2.45, 2.75) is 6.92 Å². The molecule has 0 radical (unpaired) electrons. The topological polar surface area (TPSA) is 97.2 Å². The molecule has 0 bridgehead atoms. The molecule has 2 N–H and O–H groups in total. The highest BCUT2D eigenvalue weighted by Gasteiger charge is 2.25. The average molecular weight is 398 g/mol. The molecule has 1 aliphatic heterocycles. The van der Waals surface area contributed by atoms with Crippen LogP contribution in [0.3, 0.4) is 0 Å². The minimum atomic E-state index is -1.08. The van der Waals surface area contributed by atoms with Gasteiger partial charge in [0.25, 0.3) is 5.91 Å². The van der Waals surface area contributed by atoms with Crippen molar-refractivity contribution in [2.24, 2.45) is 4.99 Å². The maximum absolute atomic E-state index is 12.3. The number of aryl methyl sites for hydroxylation is 1. The lowest BCUT2D eigenvalue weighted by molar-refractivity contribution is -0.115. The Morgan fingerprint density at radius 1 is 1.18 bits per heavy atom. The summed E-state index contributed by atoms with van der Waals surface area (Å²) in [6.07, 6.45) is 1.68. The number of thioether (sulfide) groups is 1. The summed E-state index contributed by atoms with van der Waals surface area (Å²) in [5.41, 5.74) is 1.91. The van der Waals surface area contributed by atoms with Gasteiger partial charge in [-0.15, -0.1) is 0 Å². The van der Waals surface area contributed by atoms with E-state index in [4.69, 9.17) is 9.47 Å². The number of nitrogens with one attached hydrogen (secondary N) is 1. The minimum Gasteiger partial charge on any atom is -0.497 e. The molecule has 1 amide bonds. The van der Waals surface area contributed by atoms with Crippen LogP contribution in [0.2, 0.25) is 0 Å². The van der Waals surface area contributed by atoms with Crippen LogP contribution in [0.25, 0.3) is 6.08 Å². The minimum absolute atomic E-state index is 0.0693. The van der Waals surface area contributed by atoms with Gasteiger partial charge >= 0.3 is 5.97 Å². The molecule has 1 heterocycles. The number of rotatable bonds is 5. The summed E-state index contributed by atoms with van der Waals surface area (Å²) in [5.74, 6) is -0.168. The van der Waals surface area contributed by atoms with Gasteiger partial charge in [-0.2, -0.15) is 0 Å². The van der Waals surface area contributed by atoms with Gasteiger partial charge in [0, 0.05) is 5.56 Å². The monoisotopic (exact) mass is 398 g/mol. The molecule has 28 heavy (non-hydrogen) atoms. The summed E-state index contributed by atoms with van der Waals surface area (Å²) in [4.78, 5) is 28.5. The number of carboxylic acids is 1. The highest BCUT2D eigenvalue weighted by atomic mass is 32.2. The Labute approximate surface area is 166 Å². The number of carbonyl (C=O) groups is 2. The number of methoxy groups -OCH3 is 2. The second-order valence-electron chi connectivity index (χ2n) is 5.92. The number of benzene rings is 2. The van der Waals surface area contributed by atoms with E-state index in [1.165, 1.54) is 6.07 Å². The molecule has 0 saturated carbocycles. The predicted octanol–water partition coefficient (Wildman–Crippen LogP) is 3.60. The number of hydrogen-bond acceptors (Lipinski definition) is 6. The second kappa shape index (κ2) is 8.18. The number of carbonyl (C=O) groups excluding carboxylic acids is 1. The first kappa shape index (κ1) is 19.5. The lowest BCUT2D eigenvalue weighted by Crippen LogP contribution is -2.19. The Morgan fingerprint density at radius 3 is 2.64 bits per heavy atom. The maximum atomic E-state index is 12.3. The first-order valence-electron chi connectivity index (χ1n) is 8.27. The lowest BCUT2D eigenvalue weighted by atomic mass is 10.1. The van der Waals surface area contributed by atoms with Gasteiger partial charge in [-0.1, -0.05) is 6.07 Å². The number of carboxylic acid groups (broad SMARTS) is 1. The number of amides is 1. The molecule has 0 aromatic heterocycles. The smallest absolute Gasteiger partial charge is 0.337 e. The van der Waals surface area contributed by atoms with Crippen LogP contribution in [0.15, 0.2) is 46.3 Å². The third kappa shape index (κ3) is 4.17. The van der Waals surface area contributed by atoms with Crippen LogP contribution in [0.1, 0.15) is 21.5 Å². The third-order valence-corrected chi connectivity index (χ3v) is 4.89. The van der Waals surface area contributed by atoms with E-state index in [0.717, 1.165) is 17.3 Å². The van der Waals surface area contributed by atoms with Crippen LogP contribution in [0.4, 0.5) is 5.69 Å². The molecule has 2 aromatic rings. The fourth-order valence-corrected chi connectivity index (χ4v) is 3.42. The molecule has 1 aliphatic rings. The zero-order chi connectivity index (χ0) is 20.3. The van der Waals surface area contributed by atoms with Crippen molar-refractivity contribution >= 4 is 40.6 Å². The van der Waals surface area contributed by atoms with E-state index in [9.17, 15) is 14.7 Å². The van der Waals surface area contributed by atoms with E-state index in [-0.39, 0.29) is 17.2 Å². The van der Waals surface area contributed by atoms with Crippen molar-refractivity contribution < 1.29 is 24.2 Å². The summed E-state index contributed by atoms with van der Waals surface area (Å²) in [5, 5.41) is 12.3. The lowest BCUT2D eigenvalue weighted by Gasteiger charge is -2.07. The molecule has 8 heteroatoms. The van der Waals surface area contributed by atoms with E-state index in [1.54, 1.807) is 50.6 Å². The van der Waals surface area contributed by atoms with Crippen LogP contribution in [-0.2, 0) is 4.79 Å². The van der Waals surface area contributed by atoms with Gasteiger partial charge in [0.05, 0.1) is 30.4 Å². The number of aliphatic imine (C=N–C) groups is 1. The Hall–Kier alpha value is -3.26. The van der Waals surface area contributed by atoms with Crippen molar-refractivity contribution in [3.05, 3.63) is 58.0 Å². The van der Waals surface area contributed by atoms with Gasteiger partial charge in [0.1, 0.15) is 11.5 Å². The molecule has 0 unspecified atom stereocenters. The van der Waals surface area contributed by atoms with Gasteiger partial charge in [0.2, 0.25) is 0 Å². The Bertz CT molecular complexity index is 1010. The van der Waals surface area contributed by atoms with E-state index < -0.39 is 5.97 Å². The normalized spacial score (nSPS) is 16.3. The zero-order valence-electron chi connectivity index (χ0n) is 15.5. The third-order valence-electron chi connectivity index (χ3n) is 3.98. The molecular weight excluding hydrogens is 380 g/mol. The van der Waals surface area contributed by atoms with Crippen LogP contribution in [-0.4, -0.2) is 36.4 Å². The molecule has 1 saturated heterocycles. The Morgan fingerprint density at radius 2 is 1.96 bits per heavy atom. The molecule has 0 spiro atoms. The predicted molar refractivity (Wildman–Crippen MR) is 108 cm³/mol. The van der Waals surface area contributed by atoms with Gasteiger partial charge in [-0.05, 0) is 60.7 Å². The number of aromatic carboxylic acids is 1.